The van der Waals surface area contributed by atoms with E-state index in [4.69, 9.17) is 5.84 Å². The van der Waals surface area contributed by atoms with Gasteiger partial charge in [0.15, 0.2) is 0 Å². The average molecular weight is 232 g/mol. The van der Waals surface area contributed by atoms with Crippen molar-refractivity contribution in [2.75, 3.05) is 0 Å². The molecule has 1 aromatic carbocycles. The van der Waals surface area contributed by atoms with Crippen molar-refractivity contribution in [3.63, 3.8) is 0 Å². The van der Waals surface area contributed by atoms with Gasteiger partial charge in [-0.15, -0.1) is 11.3 Å². The molecular weight excluding hydrogens is 216 g/mol. The van der Waals surface area contributed by atoms with Crippen LogP contribution in [0.4, 0.5) is 0 Å². The van der Waals surface area contributed by atoms with E-state index in [1.807, 2.05) is 6.07 Å². The van der Waals surface area contributed by atoms with Gasteiger partial charge in [0.2, 0.25) is 0 Å². The molecule has 0 aliphatic carbocycles. The second-order valence-electron chi connectivity index (χ2n) is 3.71. The first-order valence-corrected chi connectivity index (χ1v) is 6.31. The first kappa shape index (κ1) is 11.3. The summed E-state index contributed by atoms with van der Waals surface area (Å²) >= 11 is 1.72. The molecule has 0 aliphatic rings. The molecule has 1 aromatic heterocycles. The van der Waals surface area contributed by atoms with Crippen molar-refractivity contribution in [3.05, 3.63) is 57.8 Å². The Morgan fingerprint density at radius 3 is 2.81 bits per heavy atom. The summed E-state index contributed by atoms with van der Waals surface area (Å²) in [4.78, 5) is 1.25. The van der Waals surface area contributed by atoms with Crippen LogP contribution in [0.1, 0.15) is 29.0 Å². The maximum absolute atomic E-state index is 5.64. The van der Waals surface area contributed by atoms with Crippen molar-refractivity contribution in [2.24, 2.45) is 5.84 Å². The fraction of sp³-hybridized carbons (Fsp3) is 0.231. The second kappa shape index (κ2) is 5.25. The molecule has 1 heterocycles. The minimum Gasteiger partial charge on any atom is -0.271 e. The van der Waals surface area contributed by atoms with Crippen molar-refractivity contribution in [2.45, 2.75) is 19.4 Å². The predicted octanol–water partition coefficient (Wildman–Crippen LogP) is 2.86. The van der Waals surface area contributed by atoms with Gasteiger partial charge in [0.25, 0.3) is 0 Å². The first-order chi connectivity index (χ1) is 7.85. The van der Waals surface area contributed by atoms with Crippen LogP contribution in [0.3, 0.4) is 0 Å². The zero-order valence-corrected chi connectivity index (χ0v) is 10.1. The molecule has 16 heavy (non-hydrogen) atoms. The summed E-state index contributed by atoms with van der Waals surface area (Å²) < 4.78 is 0. The Kier molecular flexibility index (Phi) is 3.72. The van der Waals surface area contributed by atoms with Gasteiger partial charge in [0.1, 0.15) is 0 Å². The summed E-state index contributed by atoms with van der Waals surface area (Å²) in [7, 11) is 0. The summed E-state index contributed by atoms with van der Waals surface area (Å²) in [5, 5.41) is 2.07. The molecule has 3 heteroatoms. The number of hydrogen-bond donors (Lipinski definition) is 2. The maximum atomic E-state index is 5.64. The Morgan fingerprint density at radius 2 is 2.19 bits per heavy atom. The number of benzene rings is 1. The molecule has 2 nitrogen and oxygen atoms in total. The fourth-order valence-electron chi connectivity index (χ4n) is 1.79. The van der Waals surface area contributed by atoms with E-state index in [9.17, 15) is 0 Å². The third kappa shape index (κ3) is 2.32. The lowest BCUT2D eigenvalue weighted by Crippen LogP contribution is -2.28. The molecule has 0 bridgehead atoms. The Morgan fingerprint density at radius 1 is 1.31 bits per heavy atom. The van der Waals surface area contributed by atoms with Gasteiger partial charge in [-0.05, 0) is 29.0 Å². The number of nitrogens with two attached hydrogens (primary N) is 1. The minimum absolute atomic E-state index is 0.103. The van der Waals surface area contributed by atoms with Crippen LogP contribution in [-0.4, -0.2) is 0 Å². The first-order valence-electron chi connectivity index (χ1n) is 5.43. The van der Waals surface area contributed by atoms with E-state index in [0.29, 0.717) is 0 Å². The van der Waals surface area contributed by atoms with Crippen molar-refractivity contribution in [1.29, 1.82) is 0 Å². The van der Waals surface area contributed by atoms with Crippen LogP contribution >= 0.6 is 11.3 Å². The zero-order chi connectivity index (χ0) is 11.4. The van der Waals surface area contributed by atoms with Crippen LogP contribution in [-0.2, 0) is 6.42 Å². The SMILES string of the molecule is CCc1cccc(C(NN)c2cccs2)c1. The van der Waals surface area contributed by atoms with Crippen LogP contribution in [0.15, 0.2) is 41.8 Å². The third-order valence-corrected chi connectivity index (χ3v) is 3.62. The quantitative estimate of drug-likeness (QED) is 0.628. The molecule has 3 N–H and O–H groups in total. The van der Waals surface area contributed by atoms with Crippen molar-refractivity contribution in [3.8, 4) is 0 Å². The summed E-state index contributed by atoms with van der Waals surface area (Å²) in [5.74, 6) is 5.64. The number of hydrogen-bond acceptors (Lipinski definition) is 3. The monoisotopic (exact) mass is 232 g/mol. The van der Waals surface area contributed by atoms with E-state index in [1.54, 1.807) is 11.3 Å². The van der Waals surface area contributed by atoms with E-state index in [2.05, 4.69) is 48.1 Å². The molecule has 0 saturated heterocycles. The summed E-state index contributed by atoms with van der Waals surface area (Å²) in [5.41, 5.74) is 5.45. The number of aryl methyl sites for hydroxylation is 1. The van der Waals surface area contributed by atoms with E-state index < -0.39 is 0 Å². The molecule has 0 spiro atoms. The lowest BCUT2D eigenvalue weighted by Gasteiger charge is -2.15. The molecule has 0 radical (unpaired) electrons. The molecule has 0 fully saturated rings. The van der Waals surface area contributed by atoms with E-state index >= 15 is 0 Å². The lowest BCUT2D eigenvalue weighted by molar-refractivity contribution is 0.646. The van der Waals surface area contributed by atoms with Crippen molar-refractivity contribution in [1.82, 2.24) is 5.43 Å². The zero-order valence-electron chi connectivity index (χ0n) is 9.31. The molecule has 1 atom stereocenters. The smallest absolute Gasteiger partial charge is 0.0802 e. The third-order valence-electron chi connectivity index (χ3n) is 2.69. The highest BCUT2D eigenvalue weighted by Crippen LogP contribution is 2.25. The van der Waals surface area contributed by atoms with Gasteiger partial charge < -0.3 is 0 Å². The van der Waals surface area contributed by atoms with Gasteiger partial charge in [-0.2, -0.15) is 0 Å². The Labute approximate surface area is 100 Å². The lowest BCUT2D eigenvalue weighted by atomic mass is 10.0. The molecule has 0 aliphatic heterocycles. The number of thiophene rings is 1. The molecule has 2 rings (SSSR count). The molecule has 0 amide bonds. The van der Waals surface area contributed by atoms with E-state index in [-0.39, 0.29) is 6.04 Å². The van der Waals surface area contributed by atoms with Crippen LogP contribution in [0, 0.1) is 0 Å². The molecule has 0 saturated carbocycles. The Hall–Kier alpha value is -1.16. The Bertz CT molecular complexity index is 437. The van der Waals surface area contributed by atoms with Gasteiger partial charge in [0.05, 0.1) is 6.04 Å². The van der Waals surface area contributed by atoms with E-state index in [0.717, 1.165) is 6.42 Å². The number of hydrazine groups is 1. The van der Waals surface area contributed by atoms with Gasteiger partial charge in [-0.25, -0.2) is 5.43 Å². The Balaban J connectivity index is 2.33. The fourth-order valence-corrected chi connectivity index (χ4v) is 2.60. The van der Waals surface area contributed by atoms with Gasteiger partial charge in [-0.1, -0.05) is 37.3 Å². The van der Waals surface area contributed by atoms with Crippen LogP contribution < -0.4 is 11.3 Å². The van der Waals surface area contributed by atoms with Crippen LogP contribution in [0.5, 0.6) is 0 Å². The molecule has 2 aromatic rings. The molecule has 1 unspecified atom stereocenters. The average Bonchev–Trinajstić information content (AvgIpc) is 2.84. The number of nitrogens with one attached hydrogen (secondary N) is 1. The van der Waals surface area contributed by atoms with Gasteiger partial charge in [-0.3, -0.25) is 5.84 Å². The number of rotatable bonds is 4. The standard InChI is InChI=1S/C13H16N2S/c1-2-10-5-3-6-11(9-10)13(15-14)12-7-4-8-16-12/h3-9,13,15H,2,14H2,1H3. The van der Waals surface area contributed by atoms with Gasteiger partial charge >= 0.3 is 0 Å². The summed E-state index contributed by atoms with van der Waals surface area (Å²) in [6.45, 7) is 2.16. The minimum atomic E-state index is 0.103. The predicted molar refractivity (Wildman–Crippen MR) is 69.3 cm³/mol. The maximum Gasteiger partial charge on any atom is 0.0802 e. The molecular formula is C13H16N2S. The highest BCUT2D eigenvalue weighted by atomic mass is 32.1. The molecule has 84 valence electrons. The van der Waals surface area contributed by atoms with E-state index in [1.165, 1.54) is 16.0 Å². The highest BCUT2D eigenvalue weighted by molar-refractivity contribution is 7.10. The second-order valence-corrected chi connectivity index (χ2v) is 4.69. The summed E-state index contributed by atoms with van der Waals surface area (Å²) in [6.07, 6.45) is 1.05. The van der Waals surface area contributed by atoms with Gasteiger partial charge in [0, 0.05) is 4.88 Å². The summed E-state index contributed by atoms with van der Waals surface area (Å²) in [6, 6.07) is 12.8. The normalized spacial score (nSPS) is 12.6. The van der Waals surface area contributed by atoms with Crippen molar-refractivity contribution >= 4 is 11.3 Å². The largest absolute Gasteiger partial charge is 0.271 e. The van der Waals surface area contributed by atoms with Crippen LogP contribution in [0.2, 0.25) is 0 Å². The van der Waals surface area contributed by atoms with Crippen molar-refractivity contribution < 1.29 is 0 Å². The highest BCUT2D eigenvalue weighted by Gasteiger charge is 2.12. The topological polar surface area (TPSA) is 38.0 Å². The van der Waals surface area contributed by atoms with Crippen LogP contribution in [0.25, 0.3) is 0 Å².